The second-order valence-electron chi connectivity index (χ2n) is 1.11. The highest BCUT2D eigenvalue weighted by atomic mass is 31.1. The normalized spacial score (nSPS) is 10.6. The Bertz CT molecular complexity index is 62.7. The maximum atomic E-state index is 10.2. The van der Waals surface area contributed by atoms with Crippen molar-refractivity contribution in [2.45, 2.75) is 6.92 Å². The summed E-state index contributed by atoms with van der Waals surface area (Å²) in [5.41, 5.74) is -0.0394. The molecule has 0 aliphatic carbocycles. The largest absolute Gasteiger partial charge is 0.388 e. The number of aliphatic hydroxyl groups excluding tert-OH is 1. The fraction of sp³-hybridized carbons (Fsp3) is 0.750. The molecule has 0 spiro atoms. The molecule has 3 heteroatoms. The summed E-state index contributed by atoms with van der Waals surface area (Å²) in [5, 5.41) is 8.12. The van der Waals surface area contributed by atoms with E-state index in [1.54, 1.807) is 0 Å². The SMILES string of the molecule is CCPC(=O)CO. The molecule has 0 amide bonds. The molecule has 0 saturated carbocycles. The van der Waals surface area contributed by atoms with Gasteiger partial charge >= 0.3 is 0 Å². The fourth-order valence-corrected chi connectivity index (χ4v) is 0.759. The van der Waals surface area contributed by atoms with Crippen LogP contribution in [0.1, 0.15) is 6.92 Å². The first-order valence-electron chi connectivity index (χ1n) is 2.18. The van der Waals surface area contributed by atoms with Gasteiger partial charge in [-0.3, -0.25) is 4.79 Å². The van der Waals surface area contributed by atoms with Crippen LogP contribution in [0.25, 0.3) is 0 Å². The van der Waals surface area contributed by atoms with Gasteiger partial charge in [-0.1, -0.05) is 6.92 Å². The molecule has 2 nitrogen and oxygen atoms in total. The second-order valence-corrected chi connectivity index (χ2v) is 2.73. The first-order valence-corrected chi connectivity index (χ1v) is 3.39. The fourth-order valence-electron chi connectivity index (χ4n) is 0.253. The summed E-state index contributed by atoms with van der Waals surface area (Å²) in [6.45, 7) is 1.64. The third kappa shape index (κ3) is 3.90. The monoisotopic (exact) mass is 120 g/mol. The van der Waals surface area contributed by atoms with Crippen LogP contribution in [-0.4, -0.2) is 23.4 Å². The minimum atomic E-state index is -0.285. The van der Waals surface area contributed by atoms with E-state index in [0.717, 1.165) is 6.16 Å². The lowest BCUT2D eigenvalue weighted by molar-refractivity contribution is -0.113. The van der Waals surface area contributed by atoms with Crippen LogP contribution >= 0.6 is 8.58 Å². The van der Waals surface area contributed by atoms with Crippen molar-refractivity contribution < 1.29 is 9.90 Å². The molecule has 42 valence electrons. The Kier molecular flexibility index (Phi) is 4.26. The van der Waals surface area contributed by atoms with Gasteiger partial charge in [0.05, 0.1) is 0 Å². The molecule has 0 rings (SSSR count). The summed E-state index contributed by atoms with van der Waals surface area (Å²) >= 11 is 0. The molecule has 0 aromatic carbocycles. The van der Waals surface area contributed by atoms with Gasteiger partial charge in [-0.05, 0) is 14.7 Å². The number of rotatable bonds is 3. The summed E-state index contributed by atoms with van der Waals surface area (Å²) in [6.07, 6.45) is 0.861. The Morgan fingerprint density at radius 1 is 1.86 bits per heavy atom. The van der Waals surface area contributed by atoms with Gasteiger partial charge in [0.25, 0.3) is 0 Å². The molecule has 0 bridgehead atoms. The standard InChI is InChI=1S/C4H9O2P/c1-2-7-4(6)3-5/h5,7H,2-3H2,1H3. The van der Waals surface area contributed by atoms with Crippen LogP contribution in [0.2, 0.25) is 0 Å². The van der Waals surface area contributed by atoms with Crippen LogP contribution in [-0.2, 0) is 4.79 Å². The van der Waals surface area contributed by atoms with Gasteiger partial charge in [-0.2, -0.15) is 0 Å². The number of hydrogen-bond acceptors (Lipinski definition) is 2. The molecule has 0 radical (unpaired) electrons. The van der Waals surface area contributed by atoms with E-state index in [1.165, 1.54) is 0 Å². The summed E-state index contributed by atoms with van der Waals surface area (Å²) in [7, 11) is 0.300. The molecule has 0 aromatic rings. The van der Waals surface area contributed by atoms with E-state index < -0.39 is 0 Å². The quantitative estimate of drug-likeness (QED) is 0.540. The van der Waals surface area contributed by atoms with Crippen molar-refractivity contribution in [3.8, 4) is 0 Å². The van der Waals surface area contributed by atoms with Gasteiger partial charge in [-0.25, -0.2) is 0 Å². The van der Waals surface area contributed by atoms with Crippen molar-refractivity contribution in [3.63, 3.8) is 0 Å². The van der Waals surface area contributed by atoms with E-state index in [1.807, 2.05) is 6.92 Å². The van der Waals surface area contributed by atoms with Crippen LogP contribution in [0.3, 0.4) is 0 Å². The van der Waals surface area contributed by atoms with E-state index in [-0.39, 0.29) is 12.1 Å². The van der Waals surface area contributed by atoms with Gasteiger partial charge < -0.3 is 5.11 Å². The number of hydrogen-bond donors (Lipinski definition) is 1. The minimum absolute atomic E-state index is 0.0394. The average molecular weight is 120 g/mol. The van der Waals surface area contributed by atoms with Crippen molar-refractivity contribution in [2.75, 3.05) is 12.8 Å². The van der Waals surface area contributed by atoms with Crippen molar-refractivity contribution in [2.24, 2.45) is 0 Å². The van der Waals surface area contributed by atoms with E-state index in [2.05, 4.69) is 0 Å². The zero-order valence-electron chi connectivity index (χ0n) is 4.27. The number of carbonyl (C=O) groups excluding carboxylic acids is 1. The third-order valence-electron chi connectivity index (χ3n) is 0.518. The molecular weight excluding hydrogens is 111 g/mol. The first kappa shape index (κ1) is 7.06. The summed E-state index contributed by atoms with van der Waals surface area (Å²) in [5.74, 6) is 0. The molecule has 0 aliphatic rings. The smallest absolute Gasteiger partial charge is 0.176 e. The predicted molar refractivity (Wildman–Crippen MR) is 30.9 cm³/mol. The Hall–Kier alpha value is 0.0600. The van der Waals surface area contributed by atoms with E-state index in [9.17, 15) is 4.79 Å². The number of carbonyl (C=O) groups is 1. The topological polar surface area (TPSA) is 37.3 Å². The summed E-state index contributed by atoms with van der Waals surface area (Å²) in [6, 6.07) is 0. The molecule has 0 fully saturated rings. The maximum absolute atomic E-state index is 10.2. The highest BCUT2D eigenvalue weighted by molar-refractivity contribution is 7.57. The molecule has 0 aliphatic heterocycles. The summed E-state index contributed by atoms with van der Waals surface area (Å²) < 4.78 is 0. The first-order chi connectivity index (χ1) is 3.31. The minimum Gasteiger partial charge on any atom is -0.388 e. The Morgan fingerprint density at radius 3 is 2.57 bits per heavy atom. The molecule has 7 heavy (non-hydrogen) atoms. The molecule has 1 unspecified atom stereocenters. The van der Waals surface area contributed by atoms with Crippen molar-refractivity contribution in [1.29, 1.82) is 0 Å². The van der Waals surface area contributed by atoms with E-state index >= 15 is 0 Å². The Labute approximate surface area is 44.7 Å². The molecule has 0 saturated heterocycles. The molecule has 0 aromatic heterocycles. The van der Waals surface area contributed by atoms with E-state index in [4.69, 9.17) is 5.11 Å². The van der Waals surface area contributed by atoms with Crippen molar-refractivity contribution in [3.05, 3.63) is 0 Å². The second kappa shape index (κ2) is 4.23. The third-order valence-corrected chi connectivity index (χ3v) is 1.42. The lowest BCUT2D eigenvalue weighted by atomic mass is 10.8. The van der Waals surface area contributed by atoms with Crippen molar-refractivity contribution >= 4 is 14.1 Å². The highest BCUT2D eigenvalue weighted by Gasteiger charge is 1.92. The maximum Gasteiger partial charge on any atom is 0.176 e. The van der Waals surface area contributed by atoms with Crippen molar-refractivity contribution in [1.82, 2.24) is 0 Å². The zero-order chi connectivity index (χ0) is 5.70. The molecule has 0 heterocycles. The van der Waals surface area contributed by atoms with Crippen LogP contribution in [0.15, 0.2) is 0 Å². The zero-order valence-corrected chi connectivity index (χ0v) is 5.27. The molecule has 1 N–H and O–H groups in total. The van der Waals surface area contributed by atoms with Gasteiger partial charge in [-0.15, -0.1) is 0 Å². The Morgan fingerprint density at radius 2 is 2.43 bits per heavy atom. The molecular formula is C4H9O2P. The lowest BCUT2D eigenvalue weighted by Gasteiger charge is -1.87. The van der Waals surface area contributed by atoms with Gasteiger partial charge in [0, 0.05) is 0 Å². The summed E-state index contributed by atoms with van der Waals surface area (Å²) in [4.78, 5) is 10.2. The average Bonchev–Trinajstić information content (AvgIpc) is 1.68. The molecule has 1 atom stereocenters. The lowest BCUT2D eigenvalue weighted by Crippen LogP contribution is -1.94. The van der Waals surface area contributed by atoms with Gasteiger partial charge in [0.15, 0.2) is 5.52 Å². The predicted octanol–water partition coefficient (Wildman–Crippen LogP) is 0.204. The van der Waals surface area contributed by atoms with Crippen LogP contribution < -0.4 is 0 Å². The van der Waals surface area contributed by atoms with Crippen LogP contribution in [0.4, 0.5) is 0 Å². The van der Waals surface area contributed by atoms with Gasteiger partial charge in [0.1, 0.15) is 6.61 Å². The van der Waals surface area contributed by atoms with E-state index in [0.29, 0.717) is 8.58 Å². The number of aliphatic hydroxyl groups is 1. The Balaban J connectivity index is 3.00. The highest BCUT2D eigenvalue weighted by Crippen LogP contribution is 2.07. The van der Waals surface area contributed by atoms with Gasteiger partial charge in [0.2, 0.25) is 0 Å². The van der Waals surface area contributed by atoms with Crippen LogP contribution in [0.5, 0.6) is 0 Å². The van der Waals surface area contributed by atoms with Crippen LogP contribution in [0, 0.1) is 0 Å².